The van der Waals surface area contributed by atoms with Gasteiger partial charge in [-0.05, 0) is 31.2 Å². The lowest BCUT2D eigenvalue weighted by molar-refractivity contribution is 0.0709. The van der Waals surface area contributed by atoms with Crippen LogP contribution in [-0.4, -0.2) is 36.2 Å². The summed E-state index contributed by atoms with van der Waals surface area (Å²) in [5.74, 6) is -0.0629. The maximum absolute atomic E-state index is 12.5. The van der Waals surface area contributed by atoms with Crippen molar-refractivity contribution in [1.82, 2.24) is 4.90 Å². The molecule has 1 unspecified atom stereocenters. The third-order valence-corrected chi connectivity index (χ3v) is 4.73. The number of rotatable bonds is 2. The summed E-state index contributed by atoms with van der Waals surface area (Å²) in [7, 11) is 0. The predicted molar refractivity (Wildman–Crippen MR) is 81.4 cm³/mol. The van der Waals surface area contributed by atoms with E-state index in [0.717, 1.165) is 24.3 Å². The predicted octanol–water partition coefficient (Wildman–Crippen LogP) is 3.28. The minimum Gasteiger partial charge on any atom is -0.337 e. The van der Waals surface area contributed by atoms with Gasteiger partial charge in [-0.25, -0.2) is 0 Å². The van der Waals surface area contributed by atoms with Gasteiger partial charge < -0.3 is 10.6 Å². The molecule has 0 saturated carbocycles. The number of piperidine rings is 1. The van der Waals surface area contributed by atoms with E-state index in [0.29, 0.717) is 22.2 Å². The van der Waals surface area contributed by atoms with Crippen molar-refractivity contribution in [2.24, 2.45) is 5.73 Å². The van der Waals surface area contributed by atoms with Crippen LogP contribution in [0.1, 0.15) is 23.2 Å². The molecule has 0 aromatic heterocycles. The zero-order valence-electron chi connectivity index (χ0n) is 10.7. The van der Waals surface area contributed by atoms with Crippen LogP contribution in [0, 0.1) is 0 Å². The van der Waals surface area contributed by atoms with E-state index < -0.39 is 0 Å². The van der Waals surface area contributed by atoms with Gasteiger partial charge in [0.05, 0.1) is 15.6 Å². The number of nitrogens with zero attached hydrogens (tertiary/aromatic N) is 1. The van der Waals surface area contributed by atoms with Gasteiger partial charge in [0.25, 0.3) is 5.91 Å². The molecule has 0 radical (unpaired) electrons. The van der Waals surface area contributed by atoms with Crippen molar-refractivity contribution in [2.75, 3.05) is 19.3 Å². The molecule has 2 N–H and O–H groups in total. The molecule has 1 aromatic rings. The van der Waals surface area contributed by atoms with Crippen LogP contribution in [-0.2, 0) is 0 Å². The highest BCUT2D eigenvalue weighted by Crippen LogP contribution is 2.32. The van der Waals surface area contributed by atoms with Gasteiger partial charge >= 0.3 is 0 Å². The molecule has 0 bridgehead atoms. The van der Waals surface area contributed by atoms with Crippen LogP contribution in [0.2, 0.25) is 10.0 Å². The molecule has 1 saturated heterocycles. The molecule has 104 valence electrons. The van der Waals surface area contributed by atoms with Gasteiger partial charge in [-0.3, -0.25) is 4.79 Å². The van der Waals surface area contributed by atoms with Crippen LogP contribution in [0.3, 0.4) is 0 Å². The molecule has 1 aliphatic rings. The highest BCUT2D eigenvalue weighted by molar-refractivity contribution is 7.98. The van der Waals surface area contributed by atoms with Gasteiger partial charge in [-0.2, -0.15) is 0 Å². The summed E-state index contributed by atoms with van der Waals surface area (Å²) in [4.78, 5) is 15.1. The van der Waals surface area contributed by atoms with Gasteiger partial charge in [-0.1, -0.05) is 23.2 Å². The highest BCUT2D eigenvalue weighted by atomic mass is 35.5. The van der Waals surface area contributed by atoms with E-state index in [2.05, 4.69) is 0 Å². The number of carbonyl (C=O) groups is 1. The Balaban J connectivity index is 2.27. The molecular formula is C13H16Cl2N2OS. The van der Waals surface area contributed by atoms with Crippen molar-refractivity contribution >= 4 is 40.9 Å². The monoisotopic (exact) mass is 318 g/mol. The van der Waals surface area contributed by atoms with Gasteiger partial charge in [0.2, 0.25) is 0 Å². The SMILES string of the molecule is CSc1cc(C(=O)N2CCCC(N)C2)c(Cl)cc1Cl. The Morgan fingerprint density at radius 2 is 2.16 bits per heavy atom. The first-order chi connectivity index (χ1) is 9.02. The number of halogens is 2. The zero-order chi connectivity index (χ0) is 14.0. The van der Waals surface area contributed by atoms with Crippen LogP contribution in [0.15, 0.2) is 17.0 Å². The number of thioether (sulfide) groups is 1. The summed E-state index contributed by atoms with van der Waals surface area (Å²) >= 11 is 13.7. The average Bonchev–Trinajstić information content (AvgIpc) is 2.38. The molecule has 1 amide bonds. The summed E-state index contributed by atoms with van der Waals surface area (Å²) < 4.78 is 0. The standard InChI is InChI=1S/C13H16Cl2N2OS/c1-19-12-5-9(10(14)6-11(12)15)13(18)17-4-2-3-8(16)7-17/h5-6,8H,2-4,7,16H2,1H3. The third-order valence-electron chi connectivity index (χ3n) is 3.22. The summed E-state index contributed by atoms with van der Waals surface area (Å²) in [6.07, 6.45) is 3.82. The normalized spacial score (nSPS) is 19.6. The Labute approximate surface area is 127 Å². The molecular weight excluding hydrogens is 303 g/mol. The molecule has 19 heavy (non-hydrogen) atoms. The lowest BCUT2D eigenvalue weighted by Gasteiger charge is -2.31. The molecule has 1 aliphatic heterocycles. The van der Waals surface area contributed by atoms with Crippen molar-refractivity contribution in [3.63, 3.8) is 0 Å². The molecule has 6 heteroatoms. The number of hydrogen-bond donors (Lipinski definition) is 1. The Bertz CT molecular complexity index is 496. The lowest BCUT2D eigenvalue weighted by Crippen LogP contribution is -2.45. The van der Waals surface area contributed by atoms with E-state index in [1.807, 2.05) is 6.26 Å². The second kappa shape index (κ2) is 6.35. The van der Waals surface area contributed by atoms with Crippen LogP contribution in [0.25, 0.3) is 0 Å². The van der Waals surface area contributed by atoms with Gasteiger partial charge in [0.15, 0.2) is 0 Å². The Hall–Kier alpha value is -0.420. The van der Waals surface area contributed by atoms with Crippen molar-refractivity contribution in [3.8, 4) is 0 Å². The topological polar surface area (TPSA) is 46.3 Å². The highest BCUT2D eigenvalue weighted by Gasteiger charge is 2.24. The summed E-state index contributed by atoms with van der Waals surface area (Å²) in [6.45, 7) is 1.33. The number of nitrogens with two attached hydrogens (primary N) is 1. The summed E-state index contributed by atoms with van der Waals surface area (Å²) in [5.41, 5.74) is 6.41. The van der Waals surface area contributed by atoms with Crippen LogP contribution in [0.4, 0.5) is 0 Å². The lowest BCUT2D eigenvalue weighted by atomic mass is 10.1. The average molecular weight is 319 g/mol. The van der Waals surface area contributed by atoms with Crippen LogP contribution < -0.4 is 5.73 Å². The largest absolute Gasteiger partial charge is 0.337 e. The van der Waals surface area contributed by atoms with E-state index in [-0.39, 0.29) is 11.9 Å². The van der Waals surface area contributed by atoms with E-state index in [9.17, 15) is 4.79 Å². The first kappa shape index (κ1) is 15.0. The van der Waals surface area contributed by atoms with Crippen molar-refractivity contribution < 1.29 is 4.79 Å². The van der Waals surface area contributed by atoms with Gasteiger partial charge in [0.1, 0.15) is 0 Å². The van der Waals surface area contributed by atoms with Crippen molar-refractivity contribution in [3.05, 3.63) is 27.7 Å². The van der Waals surface area contributed by atoms with Gasteiger partial charge in [0, 0.05) is 24.0 Å². The Morgan fingerprint density at radius 1 is 1.42 bits per heavy atom. The molecule has 1 fully saturated rings. The maximum Gasteiger partial charge on any atom is 0.255 e. The number of likely N-dealkylation sites (tertiary alicyclic amines) is 1. The molecule has 1 atom stereocenters. The van der Waals surface area contributed by atoms with Crippen molar-refractivity contribution in [2.45, 2.75) is 23.8 Å². The molecule has 0 spiro atoms. The quantitative estimate of drug-likeness (QED) is 0.851. The molecule has 2 rings (SSSR count). The second-order valence-corrected chi connectivity index (χ2v) is 6.28. The Kier molecular flexibility index (Phi) is 5.01. The molecule has 0 aliphatic carbocycles. The second-order valence-electron chi connectivity index (χ2n) is 4.62. The van der Waals surface area contributed by atoms with E-state index in [4.69, 9.17) is 28.9 Å². The first-order valence-corrected chi connectivity index (χ1v) is 8.09. The first-order valence-electron chi connectivity index (χ1n) is 6.11. The fourth-order valence-electron chi connectivity index (χ4n) is 2.21. The van der Waals surface area contributed by atoms with Crippen LogP contribution >= 0.6 is 35.0 Å². The number of carbonyl (C=O) groups excluding carboxylic acids is 1. The third kappa shape index (κ3) is 3.37. The smallest absolute Gasteiger partial charge is 0.255 e. The summed E-state index contributed by atoms with van der Waals surface area (Å²) in [5, 5.41) is 0.969. The number of amides is 1. The van der Waals surface area contributed by atoms with Crippen LogP contribution in [0.5, 0.6) is 0 Å². The molecule has 3 nitrogen and oxygen atoms in total. The van der Waals surface area contributed by atoms with E-state index in [1.54, 1.807) is 17.0 Å². The fourth-order valence-corrected chi connectivity index (χ4v) is 3.40. The zero-order valence-corrected chi connectivity index (χ0v) is 13.0. The van der Waals surface area contributed by atoms with Gasteiger partial charge in [-0.15, -0.1) is 11.8 Å². The number of benzene rings is 1. The molecule has 1 heterocycles. The maximum atomic E-state index is 12.5. The number of hydrogen-bond acceptors (Lipinski definition) is 3. The minimum absolute atomic E-state index is 0.0591. The molecule has 1 aromatic carbocycles. The fraction of sp³-hybridized carbons (Fsp3) is 0.462. The Morgan fingerprint density at radius 3 is 2.79 bits per heavy atom. The minimum atomic E-state index is -0.0629. The van der Waals surface area contributed by atoms with Crippen molar-refractivity contribution in [1.29, 1.82) is 0 Å². The summed E-state index contributed by atoms with van der Waals surface area (Å²) in [6, 6.07) is 3.45. The van der Waals surface area contributed by atoms with E-state index >= 15 is 0 Å². The van der Waals surface area contributed by atoms with E-state index in [1.165, 1.54) is 11.8 Å².